The molecule has 0 saturated carbocycles. The van der Waals surface area contributed by atoms with Gasteiger partial charge in [-0.15, -0.1) is 0 Å². The molecule has 1 aromatic heterocycles. The summed E-state index contributed by atoms with van der Waals surface area (Å²) in [5.74, 6) is 1.95. The standard InChI is InChI=1S/C25H21N3O2/c1-18-9-5-6-12-21(18)25(29)27-19-15-16-24(26-17-19)28-22-13-7-8-14-23(22)30-20-10-3-2-4-11-20/h2-17H,1H3,(H,26,28)(H,27,29). The Morgan fingerprint density at radius 2 is 1.57 bits per heavy atom. The molecule has 148 valence electrons. The molecule has 2 N–H and O–H groups in total. The molecule has 3 aromatic carbocycles. The number of nitrogens with zero attached hydrogens (tertiary/aromatic N) is 1. The maximum Gasteiger partial charge on any atom is 0.255 e. The highest BCUT2D eigenvalue weighted by Crippen LogP contribution is 2.31. The molecule has 0 aliphatic rings. The van der Waals surface area contributed by atoms with Crippen molar-refractivity contribution in [3.8, 4) is 11.5 Å². The van der Waals surface area contributed by atoms with Crippen molar-refractivity contribution in [3.63, 3.8) is 0 Å². The first-order valence-corrected chi connectivity index (χ1v) is 9.61. The van der Waals surface area contributed by atoms with Crippen LogP contribution in [-0.4, -0.2) is 10.9 Å². The number of ether oxygens (including phenoxy) is 1. The number of aryl methyl sites for hydroxylation is 1. The number of hydrogen-bond donors (Lipinski definition) is 2. The van der Waals surface area contributed by atoms with E-state index in [4.69, 9.17) is 4.74 Å². The number of anilines is 3. The molecule has 30 heavy (non-hydrogen) atoms. The number of nitrogens with one attached hydrogen (secondary N) is 2. The van der Waals surface area contributed by atoms with Gasteiger partial charge in [0.05, 0.1) is 17.6 Å². The number of pyridine rings is 1. The van der Waals surface area contributed by atoms with Gasteiger partial charge >= 0.3 is 0 Å². The molecule has 0 atom stereocenters. The molecule has 4 aromatic rings. The third-order valence-corrected chi connectivity index (χ3v) is 4.53. The number of hydrogen-bond acceptors (Lipinski definition) is 4. The maximum atomic E-state index is 12.5. The highest BCUT2D eigenvalue weighted by atomic mass is 16.5. The number of rotatable bonds is 6. The van der Waals surface area contributed by atoms with E-state index in [0.717, 1.165) is 17.0 Å². The van der Waals surface area contributed by atoms with Gasteiger partial charge in [-0.25, -0.2) is 4.98 Å². The lowest BCUT2D eigenvalue weighted by Gasteiger charge is -2.13. The maximum absolute atomic E-state index is 12.5. The van der Waals surface area contributed by atoms with Crippen LogP contribution >= 0.6 is 0 Å². The topological polar surface area (TPSA) is 63.2 Å². The monoisotopic (exact) mass is 395 g/mol. The molecule has 1 amide bonds. The number of amides is 1. The summed E-state index contributed by atoms with van der Waals surface area (Å²) in [6.45, 7) is 1.91. The molecular formula is C25H21N3O2. The van der Waals surface area contributed by atoms with Crippen LogP contribution in [0.5, 0.6) is 11.5 Å². The molecule has 5 nitrogen and oxygen atoms in total. The number of aromatic nitrogens is 1. The van der Waals surface area contributed by atoms with Gasteiger partial charge in [0.15, 0.2) is 5.75 Å². The van der Waals surface area contributed by atoms with Crippen LogP contribution in [0.3, 0.4) is 0 Å². The quantitative estimate of drug-likeness (QED) is 0.409. The average molecular weight is 395 g/mol. The molecule has 1 heterocycles. The van der Waals surface area contributed by atoms with Gasteiger partial charge in [0.2, 0.25) is 0 Å². The Morgan fingerprint density at radius 1 is 0.833 bits per heavy atom. The van der Waals surface area contributed by atoms with Crippen molar-refractivity contribution in [1.29, 1.82) is 0 Å². The fourth-order valence-corrected chi connectivity index (χ4v) is 2.98. The summed E-state index contributed by atoms with van der Waals surface area (Å²) < 4.78 is 5.97. The van der Waals surface area contributed by atoms with Gasteiger partial charge in [0.1, 0.15) is 11.6 Å². The van der Waals surface area contributed by atoms with Crippen LogP contribution in [0.25, 0.3) is 0 Å². The number of carbonyl (C=O) groups is 1. The summed E-state index contributed by atoms with van der Waals surface area (Å²) >= 11 is 0. The molecule has 0 aliphatic carbocycles. The van der Waals surface area contributed by atoms with E-state index >= 15 is 0 Å². The predicted molar refractivity (Wildman–Crippen MR) is 120 cm³/mol. The Kier molecular flexibility index (Phi) is 5.71. The summed E-state index contributed by atoms with van der Waals surface area (Å²) in [4.78, 5) is 16.9. The zero-order valence-electron chi connectivity index (χ0n) is 16.5. The summed E-state index contributed by atoms with van der Waals surface area (Å²) in [5, 5.41) is 6.15. The van der Waals surface area contributed by atoms with E-state index < -0.39 is 0 Å². The molecule has 0 saturated heterocycles. The highest BCUT2D eigenvalue weighted by Gasteiger charge is 2.09. The van der Waals surface area contributed by atoms with Crippen molar-refractivity contribution in [1.82, 2.24) is 4.98 Å². The molecule has 5 heteroatoms. The lowest BCUT2D eigenvalue weighted by atomic mass is 10.1. The minimum absolute atomic E-state index is 0.155. The Morgan fingerprint density at radius 3 is 2.33 bits per heavy atom. The summed E-state index contributed by atoms with van der Waals surface area (Å²) in [5.41, 5.74) is 3.00. The van der Waals surface area contributed by atoms with Gasteiger partial charge in [-0.3, -0.25) is 4.79 Å². The molecule has 0 bridgehead atoms. The number of benzene rings is 3. The third-order valence-electron chi connectivity index (χ3n) is 4.53. The minimum atomic E-state index is -0.155. The van der Waals surface area contributed by atoms with E-state index in [1.165, 1.54) is 0 Å². The number of carbonyl (C=O) groups excluding carboxylic acids is 1. The normalized spacial score (nSPS) is 10.3. The van der Waals surface area contributed by atoms with Crippen LogP contribution in [-0.2, 0) is 0 Å². The van der Waals surface area contributed by atoms with E-state index in [1.54, 1.807) is 12.3 Å². The molecule has 0 spiro atoms. The first-order valence-electron chi connectivity index (χ1n) is 9.61. The molecule has 0 unspecified atom stereocenters. The van der Waals surface area contributed by atoms with E-state index in [-0.39, 0.29) is 5.91 Å². The van der Waals surface area contributed by atoms with Crippen LogP contribution in [0.2, 0.25) is 0 Å². The van der Waals surface area contributed by atoms with Crippen molar-refractivity contribution in [2.24, 2.45) is 0 Å². The predicted octanol–water partition coefficient (Wildman–Crippen LogP) is 6.18. The summed E-state index contributed by atoms with van der Waals surface area (Å²) in [6.07, 6.45) is 1.62. The summed E-state index contributed by atoms with van der Waals surface area (Å²) in [7, 11) is 0. The van der Waals surface area contributed by atoms with Crippen LogP contribution < -0.4 is 15.4 Å². The van der Waals surface area contributed by atoms with Crippen molar-refractivity contribution in [2.45, 2.75) is 6.92 Å². The Labute approximate surface area is 175 Å². The molecule has 0 radical (unpaired) electrons. The van der Waals surface area contributed by atoms with Crippen molar-refractivity contribution >= 4 is 23.1 Å². The zero-order chi connectivity index (χ0) is 20.8. The summed E-state index contributed by atoms with van der Waals surface area (Å²) in [6, 6.07) is 28.4. The smallest absolute Gasteiger partial charge is 0.255 e. The molecule has 4 rings (SSSR count). The van der Waals surface area contributed by atoms with Crippen LogP contribution in [0, 0.1) is 6.92 Å². The largest absolute Gasteiger partial charge is 0.455 e. The Bertz CT molecular complexity index is 1140. The van der Waals surface area contributed by atoms with Gasteiger partial charge in [-0.05, 0) is 55.0 Å². The number of para-hydroxylation sites is 3. The second-order valence-electron chi connectivity index (χ2n) is 6.74. The van der Waals surface area contributed by atoms with Crippen molar-refractivity contribution in [3.05, 3.63) is 108 Å². The molecule has 0 fully saturated rings. The first kappa shape index (κ1) is 19.2. The van der Waals surface area contributed by atoms with Gasteiger partial charge in [-0.1, -0.05) is 48.5 Å². The SMILES string of the molecule is Cc1ccccc1C(=O)Nc1ccc(Nc2ccccc2Oc2ccccc2)nc1. The lowest BCUT2D eigenvalue weighted by molar-refractivity contribution is 0.102. The van der Waals surface area contributed by atoms with Crippen LogP contribution in [0.4, 0.5) is 17.2 Å². The van der Waals surface area contributed by atoms with E-state index in [9.17, 15) is 4.79 Å². The zero-order valence-corrected chi connectivity index (χ0v) is 16.5. The van der Waals surface area contributed by atoms with Gasteiger partial charge in [0.25, 0.3) is 5.91 Å². The fraction of sp³-hybridized carbons (Fsp3) is 0.0400. The lowest BCUT2D eigenvalue weighted by Crippen LogP contribution is -2.13. The Balaban J connectivity index is 1.45. The van der Waals surface area contributed by atoms with E-state index in [2.05, 4.69) is 15.6 Å². The van der Waals surface area contributed by atoms with Gasteiger partial charge < -0.3 is 15.4 Å². The minimum Gasteiger partial charge on any atom is -0.455 e. The van der Waals surface area contributed by atoms with Gasteiger partial charge in [0, 0.05) is 5.56 Å². The van der Waals surface area contributed by atoms with Crippen LogP contribution in [0.1, 0.15) is 15.9 Å². The first-order chi connectivity index (χ1) is 14.7. The van der Waals surface area contributed by atoms with Gasteiger partial charge in [-0.2, -0.15) is 0 Å². The molecular weight excluding hydrogens is 374 g/mol. The fourth-order valence-electron chi connectivity index (χ4n) is 2.98. The van der Waals surface area contributed by atoms with Crippen molar-refractivity contribution in [2.75, 3.05) is 10.6 Å². The van der Waals surface area contributed by atoms with Crippen LogP contribution in [0.15, 0.2) is 97.2 Å². The second kappa shape index (κ2) is 8.92. The average Bonchev–Trinajstić information content (AvgIpc) is 2.77. The third kappa shape index (κ3) is 4.64. The van der Waals surface area contributed by atoms with Crippen molar-refractivity contribution < 1.29 is 9.53 Å². The second-order valence-corrected chi connectivity index (χ2v) is 6.74. The Hall–Kier alpha value is -4.12. The van der Waals surface area contributed by atoms with E-state index in [0.29, 0.717) is 22.8 Å². The van der Waals surface area contributed by atoms with E-state index in [1.807, 2.05) is 91.9 Å². The highest BCUT2D eigenvalue weighted by molar-refractivity contribution is 6.05. The molecule has 0 aliphatic heterocycles.